The first-order valence-corrected chi connectivity index (χ1v) is 13.7. The number of halogens is 1. The van der Waals surface area contributed by atoms with Crippen LogP contribution in [0.2, 0.25) is 5.02 Å². The Balaban J connectivity index is 1.35. The van der Waals surface area contributed by atoms with Gasteiger partial charge in [-0.2, -0.15) is 4.31 Å². The van der Waals surface area contributed by atoms with Gasteiger partial charge in [-0.25, -0.2) is 18.4 Å². The molecule has 0 aliphatic carbocycles. The van der Waals surface area contributed by atoms with E-state index in [0.29, 0.717) is 37.0 Å². The lowest BCUT2D eigenvalue weighted by Crippen LogP contribution is -2.49. The molecule has 186 valence electrons. The highest BCUT2D eigenvalue weighted by Gasteiger charge is 2.31. The molecule has 0 bridgehead atoms. The monoisotopic (exact) mass is 521 g/mol. The average Bonchev–Trinajstić information content (AvgIpc) is 2.90. The van der Waals surface area contributed by atoms with Gasteiger partial charge in [0.25, 0.3) is 0 Å². The maximum atomic E-state index is 13.1. The van der Waals surface area contributed by atoms with Crippen LogP contribution in [0, 0.1) is 6.92 Å². The number of nitrogens with one attached hydrogen (secondary N) is 1. The van der Waals surface area contributed by atoms with E-state index in [9.17, 15) is 8.42 Å². The fraction of sp³-hybridized carbons (Fsp3) is 0.259. The molecule has 1 N–H and O–H groups in total. The molecule has 1 fully saturated rings. The summed E-state index contributed by atoms with van der Waals surface area (Å²) in [5, 5.41) is 4.92. The van der Waals surface area contributed by atoms with Gasteiger partial charge in [-0.05, 0) is 62.4 Å². The summed E-state index contributed by atoms with van der Waals surface area (Å²) in [5.74, 6) is 1.47. The van der Waals surface area contributed by atoms with Crippen molar-refractivity contribution >= 4 is 44.0 Å². The Bertz CT molecular complexity index is 1470. The number of para-hydroxylation sites is 1. The molecule has 0 spiro atoms. The first-order valence-electron chi connectivity index (χ1n) is 11.9. The highest BCUT2D eigenvalue weighted by Crippen LogP contribution is 2.28. The predicted molar refractivity (Wildman–Crippen MR) is 144 cm³/mol. The van der Waals surface area contributed by atoms with Gasteiger partial charge in [-0.15, -0.1) is 0 Å². The van der Waals surface area contributed by atoms with E-state index in [0.717, 1.165) is 22.4 Å². The average molecular weight is 522 g/mol. The van der Waals surface area contributed by atoms with Crippen LogP contribution in [-0.4, -0.2) is 53.8 Å². The first kappa shape index (κ1) is 24.6. The minimum atomic E-state index is -3.56. The summed E-state index contributed by atoms with van der Waals surface area (Å²) in [6.07, 6.45) is 0. The molecule has 36 heavy (non-hydrogen) atoms. The third-order valence-corrected chi connectivity index (χ3v) is 8.75. The number of anilines is 2. The number of aromatic nitrogens is 2. The Morgan fingerprint density at radius 2 is 1.56 bits per heavy atom. The van der Waals surface area contributed by atoms with E-state index in [1.165, 1.54) is 9.87 Å². The standard InChI is InChI=1S/C27H28ClN5O2S/c1-19-7-11-22(12-8-19)29-27-24-5-3-4-6-25(24)30-26(31-27)20(2)32-15-17-33(18-16-32)36(34,35)23-13-9-21(28)10-14-23/h3-14,20H,15-18H2,1-2H3,(H,29,30,31)/t20-/m1/s1. The molecule has 1 atom stereocenters. The van der Waals surface area contributed by atoms with E-state index in [-0.39, 0.29) is 10.9 Å². The van der Waals surface area contributed by atoms with E-state index in [4.69, 9.17) is 21.6 Å². The molecule has 1 saturated heterocycles. The Hall–Kier alpha value is -3.04. The molecular formula is C27H28ClN5O2S. The molecular weight excluding hydrogens is 494 g/mol. The number of nitrogens with zero attached hydrogens (tertiary/aromatic N) is 4. The maximum Gasteiger partial charge on any atom is 0.243 e. The number of hydrogen-bond acceptors (Lipinski definition) is 6. The van der Waals surface area contributed by atoms with Crippen molar-refractivity contribution in [3.05, 3.63) is 89.2 Å². The lowest BCUT2D eigenvalue weighted by atomic mass is 10.2. The first-order chi connectivity index (χ1) is 17.3. The summed E-state index contributed by atoms with van der Waals surface area (Å²) in [4.78, 5) is 12.3. The van der Waals surface area contributed by atoms with Gasteiger partial charge in [0.15, 0.2) is 0 Å². The zero-order valence-electron chi connectivity index (χ0n) is 20.2. The molecule has 5 rings (SSSR count). The van der Waals surface area contributed by atoms with E-state index in [2.05, 4.69) is 36.2 Å². The molecule has 0 amide bonds. The van der Waals surface area contributed by atoms with Crippen LogP contribution in [0.5, 0.6) is 0 Å². The Kier molecular flexibility index (Phi) is 6.94. The Morgan fingerprint density at radius 1 is 0.889 bits per heavy atom. The van der Waals surface area contributed by atoms with Crippen LogP contribution in [0.4, 0.5) is 11.5 Å². The summed E-state index contributed by atoms with van der Waals surface area (Å²) in [6.45, 7) is 6.11. The quantitative estimate of drug-likeness (QED) is 0.366. The lowest BCUT2D eigenvalue weighted by Gasteiger charge is -2.36. The molecule has 1 aliphatic heterocycles. The summed E-state index contributed by atoms with van der Waals surface area (Å²) in [5.41, 5.74) is 3.02. The zero-order valence-corrected chi connectivity index (χ0v) is 21.8. The van der Waals surface area contributed by atoms with Crippen molar-refractivity contribution in [3.8, 4) is 0 Å². The lowest BCUT2D eigenvalue weighted by molar-refractivity contribution is 0.141. The van der Waals surface area contributed by atoms with Gasteiger partial charge in [-0.1, -0.05) is 41.4 Å². The Labute approximate surface area is 216 Å². The van der Waals surface area contributed by atoms with Gasteiger partial charge in [0.05, 0.1) is 16.5 Å². The molecule has 1 aliphatic rings. The number of benzene rings is 3. The van der Waals surface area contributed by atoms with Crippen molar-refractivity contribution in [1.82, 2.24) is 19.2 Å². The number of rotatable bonds is 6. The van der Waals surface area contributed by atoms with Gasteiger partial charge in [-0.3, -0.25) is 4.90 Å². The molecule has 3 aromatic carbocycles. The van der Waals surface area contributed by atoms with Gasteiger partial charge in [0, 0.05) is 42.3 Å². The fourth-order valence-corrected chi connectivity index (χ4v) is 5.95. The third kappa shape index (κ3) is 5.08. The van der Waals surface area contributed by atoms with E-state index in [1.807, 2.05) is 36.4 Å². The number of hydrogen-bond donors (Lipinski definition) is 1. The van der Waals surface area contributed by atoms with Crippen molar-refractivity contribution in [2.24, 2.45) is 0 Å². The van der Waals surface area contributed by atoms with Gasteiger partial charge < -0.3 is 5.32 Å². The highest BCUT2D eigenvalue weighted by molar-refractivity contribution is 7.89. The van der Waals surface area contributed by atoms with Crippen molar-refractivity contribution in [1.29, 1.82) is 0 Å². The van der Waals surface area contributed by atoms with Gasteiger partial charge >= 0.3 is 0 Å². The van der Waals surface area contributed by atoms with Crippen LogP contribution in [0.15, 0.2) is 77.7 Å². The minimum absolute atomic E-state index is 0.0754. The summed E-state index contributed by atoms with van der Waals surface area (Å²) in [6, 6.07) is 22.4. The second-order valence-corrected chi connectivity index (χ2v) is 11.4. The number of aryl methyl sites for hydroxylation is 1. The number of sulfonamides is 1. The molecule has 9 heteroatoms. The second-order valence-electron chi connectivity index (χ2n) is 9.01. The minimum Gasteiger partial charge on any atom is -0.340 e. The van der Waals surface area contributed by atoms with Crippen molar-refractivity contribution < 1.29 is 8.42 Å². The van der Waals surface area contributed by atoms with E-state index < -0.39 is 10.0 Å². The molecule has 0 radical (unpaired) electrons. The summed E-state index contributed by atoms with van der Waals surface area (Å²) < 4.78 is 27.7. The molecule has 1 aromatic heterocycles. The second kappa shape index (κ2) is 10.1. The van der Waals surface area contributed by atoms with Crippen LogP contribution in [-0.2, 0) is 10.0 Å². The molecule has 0 unspecified atom stereocenters. The number of piperazine rings is 1. The fourth-order valence-electron chi connectivity index (χ4n) is 4.40. The normalized spacial score (nSPS) is 16.2. The summed E-state index contributed by atoms with van der Waals surface area (Å²) >= 11 is 5.93. The topological polar surface area (TPSA) is 78.4 Å². The van der Waals surface area contributed by atoms with E-state index in [1.54, 1.807) is 24.3 Å². The van der Waals surface area contributed by atoms with E-state index >= 15 is 0 Å². The zero-order chi connectivity index (χ0) is 25.3. The van der Waals surface area contributed by atoms with Crippen LogP contribution in [0.25, 0.3) is 10.9 Å². The molecule has 4 aromatic rings. The van der Waals surface area contributed by atoms with Gasteiger partial charge in [0.1, 0.15) is 11.6 Å². The van der Waals surface area contributed by atoms with Gasteiger partial charge in [0.2, 0.25) is 10.0 Å². The Morgan fingerprint density at radius 3 is 2.25 bits per heavy atom. The molecule has 0 saturated carbocycles. The number of fused-ring (bicyclic) bond motifs is 1. The molecule has 2 heterocycles. The van der Waals surface area contributed by atoms with Crippen LogP contribution >= 0.6 is 11.6 Å². The predicted octanol–water partition coefficient (Wildman–Crippen LogP) is 5.40. The summed E-state index contributed by atoms with van der Waals surface area (Å²) in [7, 11) is -3.56. The largest absolute Gasteiger partial charge is 0.340 e. The SMILES string of the molecule is Cc1ccc(Nc2nc([C@@H](C)N3CCN(S(=O)(=O)c4ccc(Cl)cc4)CC3)nc3ccccc23)cc1. The van der Waals surface area contributed by atoms with Crippen LogP contribution in [0.3, 0.4) is 0 Å². The highest BCUT2D eigenvalue weighted by atomic mass is 35.5. The van der Waals surface area contributed by atoms with Crippen LogP contribution in [0.1, 0.15) is 24.4 Å². The van der Waals surface area contributed by atoms with Crippen molar-refractivity contribution in [2.45, 2.75) is 24.8 Å². The van der Waals surface area contributed by atoms with Crippen molar-refractivity contribution in [3.63, 3.8) is 0 Å². The smallest absolute Gasteiger partial charge is 0.243 e. The third-order valence-electron chi connectivity index (χ3n) is 6.58. The maximum absolute atomic E-state index is 13.1. The molecule has 7 nitrogen and oxygen atoms in total. The van der Waals surface area contributed by atoms with Crippen molar-refractivity contribution in [2.75, 3.05) is 31.5 Å². The van der Waals surface area contributed by atoms with Crippen LogP contribution < -0.4 is 5.32 Å².